The molecule has 0 unspecified atom stereocenters. The van der Waals surface area contributed by atoms with E-state index in [-0.39, 0.29) is 11.9 Å². The molecule has 0 spiro atoms. The van der Waals surface area contributed by atoms with Gasteiger partial charge in [0.05, 0.1) is 24.1 Å². The number of nitrogens with one attached hydrogen (secondary N) is 1. The van der Waals surface area contributed by atoms with E-state index in [1.165, 1.54) is 22.9 Å². The fourth-order valence-corrected chi connectivity index (χ4v) is 3.64. The molecule has 0 aliphatic rings. The van der Waals surface area contributed by atoms with Crippen molar-refractivity contribution in [2.75, 3.05) is 19.5 Å². The zero-order valence-electron chi connectivity index (χ0n) is 16.5. The molecular formula is C20H29N3O2S. The van der Waals surface area contributed by atoms with Crippen molar-refractivity contribution >= 4 is 17.7 Å². The first-order valence-corrected chi connectivity index (χ1v) is 9.84. The maximum absolute atomic E-state index is 12.4. The molecule has 26 heavy (non-hydrogen) atoms. The summed E-state index contributed by atoms with van der Waals surface area (Å²) in [6.45, 7) is 11.6. The molecule has 142 valence electrons. The van der Waals surface area contributed by atoms with Crippen LogP contribution in [0.25, 0.3) is 0 Å². The predicted molar refractivity (Wildman–Crippen MR) is 107 cm³/mol. The average Bonchev–Trinajstić information content (AvgIpc) is 2.87. The van der Waals surface area contributed by atoms with Crippen LogP contribution in [-0.4, -0.2) is 34.9 Å². The normalized spacial score (nSPS) is 12.2. The van der Waals surface area contributed by atoms with Crippen LogP contribution in [0.1, 0.15) is 41.0 Å². The molecule has 1 atom stereocenters. The van der Waals surface area contributed by atoms with Gasteiger partial charge in [-0.3, -0.25) is 4.79 Å². The molecule has 0 saturated carbocycles. The summed E-state index contributed by atoms with van der Waals surface area (Å²) in [6, 6.07) is 6.29. The topological polar surface area (TPSA) is 56.1 Å². The molecule has 1 heterocycles. The van der Waals surface area contributed by atoms with Crippen molar-refractivity contribution in [3.8, 4) is 0 Å². The van der Waals surface area contributed by atoms with E-state index >= 15 is 0 Å². The number of ether oxygens (including phenoxy) is 1. The van der Waals surface area contributed by atoms with E-state index in [0.29, 0.717) is 12.4 Å². The quantitative estimate of drug-likeness (QED) is 0.714. The molecule has 2 aromatic rings. The molecule has 2 rings (SSSR count). The lowest BCUT2D eigenvalue weighted by molar-refractivity contribution is -0.119. The van der Waals surface area contributed by atoms with Gasteiger partial charge in [-0.15, -0.1) is 0 Å². The first-order valence-electron chi connectivity index (χ1n) is 8.85. The van der Waals surface area contributed by atoms with Crippen molar-refractivity contribution in [3.63, 3.8) is 0 Å². The van der Waals surface area contributed by atoms with Crippen molar-refractivity contribution in [2.24, 2.45) is 0 Å². The number of methoxy groups -OCH3 is 1. The van der Waals surface area contributed by atoms with E-state index in [9.17, 15) is 4.79 Å². The van der Waals surface area contributed by atoms with E-state index in [1.807, 2.05) is 20.8 Å². The standard InChI is InChI=1S/C20H29N3O2S/c1-13-7-8-18(11-14(13)2)16(4)21-19(24)12-26-20-22-15(3)17(5)23(20)9-10-25-6/h7-8,11,16H,9-10,12H2,1-6H3,(H,21,24)/t16-/m1/s1. The molecule has 1 aromatic heterocycles. The second kappa shape index (κ2) is 9.24. The Hall–Kier alpha value is -1.79. The summed E-state index contributed by atoms with van der Waals surface area (Å²) < 4.78 is 7.29. The minimum absolute atomic E-state index is 0.0114. The average molecular weight is 376 g/mol. The van der Waals surface area contributed by atoms with Crippen LogP contribution < -0.4 is 5.32 Å². The van der Waals surface area contributed by atoms with Crippen molar-refractivity contribution < 1.29 is 9.53 Å². The number of carbonyl (C=O) groups excluding carboxylic acids is 1. The SMILES string of the molecule is COCCn1c(SCC(=O)N[C@H](C)c2ccc(C)c(C)c2)nc(C)c1C. The maximum Gasteiger partial charge on any atom is 0.230 e. The highest BCUT2D eigenvalue weighted by atomic mass is 32.2. The van der Waals surface area contributed by atoms with E-state index < -0.39 is 0 Å². The second-order valence-electron chi connectivity index (χ2n) is 6.63. The molecular weight excluding hydrogens is 346 g/mol. The van der Waals surface area contributed by atoms with Crippen molar-refractivity contribution in [2.45, 2.75) is 52.4 Å². The fourth-order valence-electron chi connectivity index (χ4n) is 2.71. The zero-order chi connectivity index (χ0) is 19.3. The third-order valence-electron chi connectivity index (χ3n) is 4.68. The van der Waals surface area contributed by atoms with Gasteiger partial charge >= 0.3 is 0 Å². The van der Waals surface area contributed by atoms with Crippen LogP contribution in [-0.2, 0) is 16.1 Å². The van der Waals surface area contributed by atoms with Crippen molar-refractivity contribution in [1.29, 1.82) is 0 Å². The lowest BCUT2D eigenvalue weighted by atomic mass is 10.0. The summed E-state index contributed by atoms with van der Waals surface area (Å²) in [5, 5.41) is 3.94. The van der Waals surface area contributed by atoms with Gasteiger partial charge in [-0.25, -0.2) is 4.98 Å². The Bertz CT molecular complexity index is 771. The fraction of sp³-hybridized carbons (Fsp3) is 0.500. The molecule has 0 fully saturated rings. The van der Waals surface area contributed by atoms with Gasteiger partial charge in [-0.1, -0.05) is 30.0 Å². The van der Waals surface area contributed by atoms with Crippen LogP contribution in [0.4, 0.5) is 0 Å². The summed E-state index contributed by atoms with van der Waals surface area (Å²) >= 11 is 1.47. The number of rotatable bonds is 8. The molecule has 1 amide bonds. The Labute approximate surface area is 160 Å². The predicted octanol–water partition coefficient (Wildman–Crippen LogP) is 3.73. The Morgan fingerprint density at radius 2 is 2.00 bits per heavy atom. The number of benzene rings is 1. The third-order valence-corrected chi connectivity index (χ3v) is 5.66. The molecule has 1 N–H and O–H groups in total. The summed E-state index contributed by atoms with van der Waals surface area (Å²) in [5.74, 6) is 0.357. The lowest BCUT2D eigenvalue weighted by Gasteiger charge is -2.16. The van der Waals surface area contributed by atoms with Crippen molar-refractivity contribution in [3.05, 3.63) is 46.3 Å². The highest BCUT2D eigenvalue weighted by Crippen LogP contribution is 2.22. The van der Waals surface area contributed by atoms with Crippen LogP contribution >= 0.6 is 11.8 Å². The highest BCUT2D eigenvalue weighted by Gasteiger charge is 2.15. The van der Waals surface area contributed by atoms with E-state index in [0.717, 1.165) is 28.7 Å². The number of carbonyl (C=O) groups is 1. The largest absolute Gasteiger partial charge is 0.383 e. The molecule has 0 aliphatic carbocycles. The minimum atomic E-state index is -0.0147. The Balaban J connectivity index is 1.96. The molecule has 0 aliphatic heterocycles. The number of aryl methyl sites for hydroxylation is 3. The van der Waals surface area contributed by atoms with Gasteiger partial charge in [0, 0.05) is 19.3 Å². The first-order chi connectivity index (χ1) is 12.3. The molecule has 0 saturated heterocycles. The van der Waals surface area contributed by atoms with E-state index in [4.69, 9.17) is 4.74 Å². The summed E-state index contributed by atoms with van der Waals surface area (Å²) in [4.78, 5) is 17.0. The molecule has 5 nitrogen and oxygen atoms in total. The maximum atomic E-state index is 12.4. The van der Waals surface area contributed by atoms with Crippen molar-refractivity contribution in [1.82, 2.24) is 14.9 Å². The summed E-state index contributed by atoms with van der Waals surface area (Å²) in [5.41, 5.74) is 5.74. The Morgan fingerprint density at radius 1 is 1.27 bits per heavy atom. The second-order valence-corrected chi connectivity index (χ2v) is 7.57. The molecule has 6 heteroatoms. The highest BCUT2D eigenvalue weighted by molar-refractivity contribution is 7.99. The monoisotopic (exact) mass is 375 g/mol. The van der Waals surface area contributed by atoms with Crippen LogP contribution in [0.3, 0.4) is 0 Å². The Kier molecular flexibility index (Phi) is 7.29. The van der Waals surface area contributed by atoms with Gasteiger partial charge in [-0.05, 0) is 51.3 Å². The third kappa shape index (κ3) is 5.11. The number of nitrogens with zero attached hydrogens (tertiary/aromatic N) is 2. The molecule has 0 bridgehead atoms. The van der Waals surface area contributed by atoms with Gasteiger partial charge in [0.25, 0.3) is 0 Å². The number of aromatic nitrogens is 2. The lowest BCUT2D eigenvalue weighted by Crippen LogP contribution is -2.28. The van der Waals surface area contributed by atoms with Crippen LogP contribution in [0.5, 0.6) is 0 Å². The number of thioether (sulfide) groups is 1. The van der Waals surface area contributed by atoms with Gasteiger partial charge < -0.3 is 14.6 Å². The number of hydrogen-bond acceptors (Lipinski definition) is 4. The van der Waals surface area contributed by atoms with Crippen LogP contribution in [0, 0.1) is 27.7 Å². The first kappa shape index (κ1) is 20.5. The smallest absolute Gasteiger partial charge is 0.230 e. The minimum Gasteiger partial charge on any atom is -0.383 e. The van der Waals surface area contributed by atoms with Crippen LogP contribution in [0.2, 0.25) is 0 Å². The van der Waals surface area contributed by atoms with E-state index in [2.05, 4.69) is 46.9 Å². The zero-order valence-corrected chi connectivity index (χ0v) is 17.4. The molecule has 0 radical (unpaired) electrons. The summed E-state index contributed by atoms with van der Waals surface area (Å²) in [6.07, 6.45) is 0. The Morgan fingerprint density at radius 3 is 2.65 bits per heavy atom. The number of hydrogen-bond donors (Lipinski definition) is 1. The van der Waals surface area contributed by atoms with Gasteiger partial charge in [0.15, 0.2) is 5.16 Å². The summed E-state index contributed by atoms with van der Waals surface area (Å²) in [7, 11) is 1.69. The number of imidazole rings is 1. The van der Waals surface area contributed by atoms with Gasteiger partial charge in [0.1, 0.15) is 0 Å². The molecule has 1 aromatic carbocycles. The van der Waals surface area contributed by atoms with Crippen LogP contribution in [0.15, 0.2) is 23.4 Å². The number of amides is 1. The van der Waals surface area contributed by atoms with Gasteiger partial charge in [-0.2, -0.15) is 0 Å². The van der Waals surface area contributed by atoms with E-state index in [1.54, 1.807) is 7.11 Å². The van der Waals surface area contributed by atoms with Gasteiger partial charge in [0.2, 0.25) is 5.91 Å².